The molecule has 1 aromatic heterocycles. The van der Waals surface area contributed by atoms with Crippen molar-refractivity contribution in [3.8, 4) is 0 Å². The van der Waals surface area contributed by atoms with Crippen molar-refractivity contribution in [1.82, 2.24) is 9.55 Å². The van der Waals surface area contributed by atoms with Gasteiger partial charge in [-0.25, -0.2) is 4.98 Å². The SMILES string of the molecule is CC(C)(C)n1ccnc(N(CCBr)CC(F)(F)F)c1=O. The van der Waals surface area contributed by atoms with Crippen molar-refractivity contribution in [2.45, 2.75) is 32.5 Å². The summed E-state index contributed by atoms with van der Waals surface area (Å²) in [5.74, 6) is -0.181. The molecule has 0 amide bonds. The average molecular weight is 356 g/mol. The summed E-state index contributed by atoms with van der Waals surface area (Å²) >= 11 is 3.09. The molecule has 1 heterocycles. The number of rotatable bonds is 4. The molecule has 0 fully saturated rings. The molecular formula is C12H17BrF3N3O. The lowest BCUT2D eigenvalue weighted by molar-refractivity contribution is -0.119. The van der Waals surface area contributed by atoms with Crippen LogP contribution >= 0.6 is 15.9 Å². The van der Waals surface area contributed by atoms with Gasteiger partial charge in [-0.15, -0.1) is 0 Å². The molecule has 20 heavy (non-hydrogen) atoms. The van der Waals surface area contributed by atoms with E-state index in [2.05, 4.69) is 20.9 Å². The van der Waals surface area contributed by atoms with Crippen molar-refractivity contribution >= 4 is 21.7 Å². The average Bonchev–Trinajstić information content (AvgIpc) is 2.25. The lowest BCUT2D eigenvalue weighted by atomic mass is 10.1. The lowest BCUT2D eigenvalue weighted by Crippen LogP contribution is -2.43. The zero-order valence-electron chi connectivity index (χ0n) is 11.5. The Labute approximate surface area is 123 Å². The molecule has 0 saturated carbocycles. The smallest absolute Gasteiger partial charge is 0.342 e. The monoisotopic (exact) mass is 355 g/mol. The first-order valence-electron chi connectivity index (χ1n) is 6.02. The van der Waals surface area contributed by atoms with E-state index >= 15 is 0 Å². The van der Waals surface area contributed by atoms with Gasteiger partial charge in [-0.1, -0.05) is 15.9 Å². The van der Waals surface area contributed by atoms with Crippen LogP contribution in [0.5, 0.6) is 0 Å². The molecular weight excluding hydrogens is 339 g/mol. The highest BCUT2D eigenvalue weighted by Gasteiger charge is 2.32. The number of aromatic nitrogens is 2. The summed E-state index contributed by atoms with van der Waals surface area (Å²) in [4.78, 5) is 17.1. The van der Waals surface area contributed by atoms with Crippen molar-refractivity contribution in [3.63, 3.8) is 0 Å². The van der Waals surface area contributed by atoms with Crippen molar-refractivity contribution in [2.24, 2.45) is 0 Å². The van der Waals surface area contributed by atoms with Crippen LogP contribution < -0.4 is 10.5 Å². The Kier molecular flexibility index (Phi) is 5.23. The van der Waals surface area contributed by atoms with Gasteiger partial charge in [-0.3, -0.25) is 4.79 Å². The van der Waals surface area contributed by atoms with E-state index in [9.17, 15) is 18.0 Å². The lowest BCUT2D eigenvalue weighted by Gasteiger charge is -2.27. The number of alkyl halides is 4. The quantitative estimate of drug-likeness (QED) is 0.779. The van der Waals surface area contributed by atoms with E-state index in [0.29, 0.717) is 5.33 Å². The molecule has 0 aliphatic carbocycles. The third-order valence-corrected chi connectivity index (χ3v) is 2.92. The molecule has 1 rings (SSSR count). The largest absolute Gasteiger partial charge is 0.405 e. The Bertz CT molecular complexity index is 508. The van der Waals surface area contributed by atoms with E-state index in [0.717, 1.165) is 4.90 Å². The van der Waals surface area contributed by atoms with Crippen LogP contribution in [0.2, 0.25) is 0 Å². The summed E-state index contributed by atoms with van der Waals surface area (Å²) in [5, 5.41) is 0.314. The third kappa shape index (κ3) is 4.50. The molecule has 0 saturated heterocycles. The van der Waals surface area contributed by atoms with Gasteiger partial charge in [0, 0.05) is 29.8 Å². The summed E-state index contributed by atoms with van der Waals surface area (Å²) in [7, 11) is 0. The molecule has 114 valence electrons. The van der Waals surface area contributed by atoms with Gasteiger partial charge in [0.2, 0.25) is 0 Å². The zero-order valence-corrected chi connectivity index (χ0v) is 13.1. The number of halogens is 4. The van der Waals surface area contributed by atoms with Crippen LogP contribution in [0, 0.1) is 0 Å². The fourth-order valence-electron chi connectivity index (χ4n) is 1.72. The normalized spacial score (nSPS) is 12.6. The Morgan fingerprint density at radius 1 is 1.35 bits per heavy atom. The highest BCUT2D eigenvalue weighted by atomic mass is 79.9. The fraction of sp³-hybridized carbons (Fsp3) is 0.667. The van der Waals surface area contributed by atoms with Gasteiger partial charge >= 0.3 is 6.18 Å². The van der Waals surface area contributed by atoms with Crippen LogP contribution in [0.4, 0.5) is 19.0 Å². The second-order valence-corrected chi connectivity index (χ2v) is 6.12. The maximum atomic E-state index is 12.6. The molecule has 1 aromatic rings. The molecule has 0 aliphatic rings. The van der Waals surface area contributed by atoms with E-state index in [1.807, 2.05) is 0 Å². The minimum atomic E-state index is -4.39. The molecule has 0 aliphatic heterocycles. The summed E-state index contributed by atoms with van der Waals surface area (Å²) in [6.45, 7) is 4.26. The molecule has 0 bridgehead atoms. The maximum absolute atomic E-state index is 12.6. The van der Waals surface area contributed by atoms with Crippen molar-refractivity contribution in [2.75, 3.05) is 23.3 Å². The summed E-state index contributed by atoms with van der Waals surface area (Å²) in [6, 6.07) is 0. The molecule has 0 spiro atoms. The van der Waals surface area contributed by atoms with Crippen molar-refractivity contribution in [1.29, 1.82) is 0 Å². The molecule has 0 aromatic carbocycles. The van der Waals surface area contributed by atoms with Crippen molar-refractivity contribution in [3.05, 3.63) is 22.7 Å². The first-order chi connectivity index (χ1) is 9.06. The van der Waals surface area contributed by atoms with Crippen LogP contribution in [-0.4, -0.2) is 34.1 Å². The molecule has 8 heteroatoms. The first kappa shape index (κ1) is 17.0. The molecule has 0 N–H and O–H groups in total. The van der Waals surface area contributed by atoms with Gasteiger partial charge in [-0.2, -0.15) is 13.2 Å². The molecule has 0 unspecified atom stereocenters. The summed E-state index contributed by atoms with van der Waals surface area (Å²) in [6.07, 6.45) is -1.57. The molecule has 0 atom stereocenters. The fourth-order valence-corrected chi connectivity index (χ4v) is 2.15. The van der Waals surface area contributed by atoms with Gasteiger partial charge in [0.1, 0.15) is 6.54 Å². The predicted molar refractivity (Wildman–Crippen MR) is 75.6 cm³/mol. The number of hydrogen-bond acceptors (Lipinski definition) is 3. The first-order valence-corrected chi connectivity index (χ1v) is 7.14. The number of hydrogen-bond donors (Lipinski definition) is 0. The summed E-state index contributed by atoms with van der Waals surface area (Å²) < 4.78 is 39.1. The molecule has 0 radical (unpaired) electrons. The van der Waals surface area contributed by atoms with Crippen LogP contribution in [-0.2, 0) is 5.54 Å². The highest BCUT2D eigenvalue weighted by Crippen LogP contribution is 2.19. The highest BCUT2D eigenvalue weighted by molar-refractivity contribution is 9.09. The number of nitrogens with zero attached hydrogens (tertiary/aromatic N) is 3. The van der Waals surface area contributed by atoms with E-state index < -0.39 is 23.8 Å². The topological polar surface area (TPSA) is 38.1 Å². The van der Waals surface area contributed by atoms with Gasteiger partial charge in [0.25, 0.3) is 5.56 Å². The van der Waals surface area contributed by atoms with Crippen LogP contribution in [0.15, 0.2) is 17.2 Å². The second kappa shape index (κ2) is 6.15. The van der Waals surface area contributed by atoms with Gasteiger partial charge in [-0.05, 0) is 20.8 Å². The Morgan fingerprint density at radius 2 is 1.95 bits per heavy atom. The van der Waals surface area contributed by atoms with Crippen LogP contribution in [0.25, 0.3) is 0 Å². The van der Waals surface area contributed by atoms with E-state index in [1.165, 1.54) is 17.0 Å². The number of anilines is 1. The van der Waals surface area contributed by atoms with Gasteiger partial charge in [0.05, 0.1) is 0 Å². The van der Waals surface area contributed by atoms with Crippen molar-refractivity contribution < 1.29 is 13.2 Å². The molecule has 4 nitrogen and oxygen atoms in total. The standard InChI is InChI=1S/C12H17BrF3N3O/c1-11(2,3)19-7-5-17-9(10(19)20)18(6-4-13)8-12(14,15)16/h5,7H,4,6,8H2,1-3H3. The summed E-state index contributed by atoms with van der Waals surface area (Å²) in [5.41, 5.74) is -1.04. The second-order valence-electron chi connectivity index (χ2n) is 5.32. The van der Waals surface area contributed by atoms with E-state index in [4.69, 9.17) is 0 Å². The predicted octanol–water partition coefficient (Wildman–Crippen LogP) is 2.76. The van der Waals surface area contributed by atoms with E-state index in [1.54, 1.807) is 20.8 Å². The zero-order chi connectivity index (χ0) is 15.6. The van der Waals surface area contributed by atoms with Crippen LogP contribution in [0.1, 0.15) is 20.8 Å². The van der Waals surface area contributed by atoms with Crippen LogP contribution in [0.3, 0.4) is 0 Å². The Morgan fingerprint density at radius 3 is 2.40 bits per heavy atom. The Hall–Kier alpha value is -1.05. The Balaban J connectivity index is 3.25. The van der Waals surface area contributed by atoms with E-state index in [-0.39, 0.29) is 12.4 Å². The third-order valence-electron chi connectivity index (χ3n) is 2.57. The van der Waals surface area contributed by atoms with Gasteiger partial charge < -0.3 is 9.47 Å². The maximum Gasteiger partial charge on any atom is 0.405 e. The minimum Gasteiger partial charge on any atom is -0.342 e. The van der Waals surface area contributed by atoms with Gasteiger partial charge in [0.15, 0.2) is 5.82 Å². The minimum absolute atomic E-state index is 0.0515.